The van der Waals surface area contributed by atoms with E-state index in [-0.39, 0.29) is 13.2 Å². The molecule has 0 aromatic heterocycles. The van der Waals surface area contributed by atoms with Crippen LogP contribution in [0.2, 0.25) is 0 Å². The smallest absolute Gasteiger partial charge is 0.334 e. The maximum Gasteiger partial charge on any atom is 0.334 e. The zero-order chi connectivity index (χ0) is 18.1. The van der Waals surface area contributed by atoms with Gasteiger partial charge in [-0.2, -0.15) is 0 Å². The van der Waals surface area contributed by atoms with E-state index in [9.17, 15) is 19.5 Å². The molecular weight excluding hydrogens is 312 g/mol. The average molecular weight is 334 g/mol. The van der Waals surface area contributed by atoms with E-state index < -0.39 is 29.5 Å². The van der Waals surface area contributed by atoms with Crippen molar-refractivity contribution in [1.29, 1.82) is 0 Å². The molecule has 1 fully saturated rings. The molecule has 1 N–H and O–H groups in total. The molecule has 130 valence electrons. The largest absolute Gasteiger partial charge is 0.491 e. The lowest BCUT2D eigenvalue weighted by Gasteiger charge is -2.24. The minimum absolute atomic E-state index is 0.0684. The first kappa shape index (κ1) is 17.9. The molecule has 0 saturated carbocycles. The van der Waals surface area contributed by atoms with Gasteiger partial charge in [-0.25, -0.2) is 9.69 Å². The third kappa shape index (κ3) is 3.41. The summed E-state index contributed by atoms with van der Waals surface area (Å²) >= 11 is 0. The van der Waals surface area contributed by atoms with Crippen LogP contribution in [-0.4, -0.2) is 57.5 Å². The number of urea groups is 1. The molecule has 1 aliphatic rings. The lowest BCUT2D eigenvalue weighted by Crippen LogP contribution is -2.46. The summed E-state index contributed by atoms with van der Waals surface area (Å²) in [7, 11) is 0. The van der Waals surface area contributed by atoms with E-state index in [2.05, 4.69) is 0 Å². The number of hydrogen-bond donors (Lipinski definition) is 1. The van der Waals surface area contributed by atoms with E-state index in [1.807, 2.05) is 25.1 Å². The third-order valence-corrected chi connectivity index (χ3v) is 3.89. The van der Waals surface area contributed by atoms with Gasteiger partial charge in [0.05, 0.1) is 6.54 Å². The second-order valence-corrected chi connectivity index (χ2v) is 6.39. The standard InChI is InChI=1S/C17H22N2O5/c1-11-6-5-7-14(8-11)24-10-13(21)9-18-15(22)17(3,4)19(12(2)20)16(18)23/h5-8,13,21H,9-10H2,1-4H3/t13-/m1/s1. The van der Waals surface area contributed by atoms with Gasteiger partial charge in [-0.1, -0.05) is 12.1 Å². The Balaban J connectivity index is 2.01. The molecule has 24 heavy (non-hydrogen) atoms. The molecule has 0 aliphatic carbocycles. The van der Waals surface area contributed by atoms with Gasteiger partial charge in [0.1, 0.15) is 24.0 Å². The van der Waals surface area contributed by atoms with Gasteiger partial charge in [0, 0.05) is 6.92 Å². The van der Waals surface area contributed by atoms with Crippen molar-refractivity contribution in [3.8, 4) is 5.75 Å². The molecule has 7 nitrogen and oxygen atoms in total. The lowest BCUT2D eigenvalue weighted by molar-refractivity contribution is -0.138. The molecule has 1 atom stereocenters. The van der Waals surface area contributed by atoms with Crippen LogP contribution in [0.3, 0.4) is 0 Å². The van der Waals surface area contributed by atoms with E-state index in [0.29, 0.717) is 5.75 Å². The fourth-order valence-corrected chi connectivity index (χ4v) is 2.72. The summed E-state index contributed by atoms with van der Waals surface area (Å²) < 4.78 is 5.48. The molecule has 1 aromatic carbocycles. The Morgan fingerprint density at radius 1 is 1.33 bits per heavy atom. The quantitative estimate of drug-likeness (QED) is 0.821. The molecule has 1 aliphatic heterocycles. The van der Waals surface area contributed by atoms with Gasteiger partial charge in [0.25, 0.3) is 5.91 Å². The number of imide groups is 2. The number of rotatable bonds is 5. The van der Waals surface area contributed by atoms with Crippen LogP contribution < -0.4 is 4.74 Å². The number of carbonyl (C=O) groups excluding carboxylic acids is 3. The van der Waals surface area contributed by atoms with E-state index in [1.165, 1.54) is 20.8 Å². The van der Waals surface area contributed by atoms with Gasteiger partial charge < -0.3 is 9.84 Å². The Labute approximate surface area is 140 Å². The zero-order valence-electron chi connectivity index (χ0n) is 14.3. The van der Waals surface area contributed by atoms with Crippen molar-refractivity contribution in [1.82, 2.24) is 9.80 Å². The van der Waals surface area contributed by atoms with Gasteiger partial charge in [-0.05, 0) is 38.5 Å². The SMILES string of the molecule is CC(=O)N1C(=O)N(C[C@@H](O)COc2cccc(C)c2)C(=O)C1(C)C. The lowest BCUT2D eigenvalue weighted by atomic mass is 10.0. The summed E-state index contributed by atoms with van der Waals surface area (Å²) in [6, 6.07) is 6.61. The number of nitrogens with zero attached hydrogens (tertiary/aromatic N) is 2. The third-order valence-electron chi connectivity index (χ3n) is 3.89. The molecule has 1 heterocycles. The fourth-order valence-electron chi connectivity index (χ4n) is 2.72. The number of aliphatic hydroxyl groups is 1. The van der Waals surface area contributed by atoms with Gasteiger partial charge in [0.15, 0.2) is 0 Å². The van der Waals surface area contributed by atoms with Crippen LogP contribution in [0, 0.1) is 6.92 Å². The monoisotopic (exact) mass is 334 g/mol. The number of hydrogen-bond acceptors (Lipinski definition) is 5. The molecule has 0 unspecified atom stereocenters. The molecule has 0 radical (unpaired) electrons. The molecule has 4 amide bonds. The second kappa shape index (κ2) is 6.60. The van der Waals surface area contributed by atoms with Crippen LogP contribution in [0.4, 0.5) is 4.79 Å². The summed E-state index contributed by atoms with van der Waals surface area (Å²) in [4.78, 5) is 38.1. The van der Waals surface area contributed by atoms with E-state index in [4.69, 9.17) is 4.74 Å². The Hall–Kier alpha value is -2.41. The number of ether oxygens (including phenoxy) is 1. The molecule has 2 rings (SSSR count). The van der Waals surface area contributed by atoms with E-state index in [0.717, 1.165) is 15.4 Å². The summed E-state index contributed by atoms with van der Waals surface area (Å²) in [5.74, 6) is -0.428. The highest BCUT2D eigenvalue weighted by Crippen LogP contribution is 2.27. The van der Waals surface area contributed by atoms with Crippen molar-refractivity contribution in [3.63, 3.8) is 0 Å². The predicted molar refractivity (Wildman–Crippen MR) is 86.4 cm³/mol. The van der Waals surface area contributed by atoms with Gasteiger partial charge in [-0.15, -0.1) is 0 Å². The van der Waals surface area contributed by atoms with E-state index >= 15 is 0 Å². The summed E-state index contributed by atoms with van der Waals surface area (Å²) in [5, 5.41) is 10.1. The number of carbonyl (C=O) groups is 3. The molecule has 0 spiro atoms. The van der Waals surface area contributed by atoms with Crippen LogP contribution in [0.25, 0.3) is 0 Å². The van der Waals surface area contributed by atoms with Crippen molar-refractivity contribution < 1.29 is 24.2 Å². The average Bonchev–Trinajstić information content (AvgIpc) is 2.65. The van der Waals surface area contributed by atoms with Crippen LogP contribution in [0.5, 0.6) is 5.75 Å². The fraction of sp³-hybridized carbons (Fsp3) is 0.471. The number of β-amino-alcohol motifs (C(OH)–C–C–N with tert-alkyl or cyclic N) is 1. The maximum absolute atomic E-state index is 12.4. The Kier molecular flexibility index (Phi) is 4.94. The highest BCUT2D eigenvalue weighted by molar-refractivity contribution is 6.13. The van der Waals surface area contributed by atoms with Gasteiger partial charge in [-0.3, -0.25) is 14.5 Å². The van der Waals surface area contributed by atoms with Crippen LogP contribution in [-0.2, 0) is 9.59 Å². The summed E-state index contributed by atoms with van der Waals surface area (Å²) in [6.45, 7) is 5.86. The Bertz CT molecular complexity index is 671. The van der Waals surface area contributed by atoms with Crippen molar-refractivity contribution in [2.45, 2.75) is 39.3 Å². The van der Waals surface area contributed by atoms with Gasteiger partial charge >= 0.3 is 6.03 Å². The first-order valence-corrected chi connectivity index (χ1v) is 7.69. The van der Waals surface area contributed by atoms with Crippen molar-refractivity contribution in [3.05, 3.63) is 29.8 Å². The van der Waals surface area contributed by atoms with E-state index in [1.54, 1.807) is 6.07 Å². The summed E-state index contributed by atoms with van der Waals surface area (Å²) in [6.07, 6.45) is -1.05. The molecule has 1 aromatic rings. The highest BCUT2D eigenvalue weighted by Gasteiger charge is 2.53. The minimum atomic E-state index is -1.25. The molecule has 1 saturated heterocycles. The second-order valence-electron chi connectivity index (χ2n) is 6.39. The van der Waals surface area contributed by atoms with Crippen LogP contribution >= 0.6 is 0 Å². The molecule has 0 bridgehead atoms. The van der Waals surface area contributed by atoms with Crippen molar-refractivity contribution in [2.75, 3.05) is 13.2 Å². The van der Waals surface area contributed by atoms with Crippen molar-refractivity contribution >= 4 is 17.8 Å². The number of benzene rings is 1. The first-order chi connectivity index (χ1) is 11.1. The Morgan fingerprint density at radius 2 is 2.00 bits per heavy atom. The van der Waals surface area contributed by atoms with Crippen LogP contribution in [0.1, 0.15) is 26.3 Å². The predicted octanol–water partition coefficient (Wildman–Crippen LogP) is 1.32. The first-order valence-electron chi connectivity index (χ1n) is 7.69. The highest BCUT2D eigenvalue weighted by atomic mass is 16.5. The normalized spacial score (nSPS) is 18.0. The number of amides is 4. The minimum Gasteiger partial charge on any atom is -0.491 e. The summed E-state index contributed by atoms with van der Waals surface area (Å²) in [5.41, 5.74) is -0.231. The topological polar surface area (TPSA) is 87.2 Å². The molecular formula is C17H22N2O5. The maximum atomic E-state index is 12.4. The number of aliphatic hydroxyl groups excluding tert-OH is 1. The molecule has 7 heteroatoms. The van der Waals surface area contributed by atoms with Crippen molar-refractivity contribution in [2.24, 2.45) is 0 Å². The number of aryl methyl sites for hydroxylation is 1. The zero-order valence-corrected chi connectivity index (χ0v) is 14.3. The van der Waals surface area contributed by atoms with Gasteiger partial charge in [0.2, 0.25) is 5.91 Å². The Morgan fingerprint density at radius 3 is 2.54 bits per heavy atom. The van der Waals surface area contributed by atoms with Crippen LogP contribution in [0.15, 0.2) is 24.3 Å².